The van der Waals surface area contributed by atoms with E-state index in [0.29, 0.717) is 18.5 Å². The summed E-state index contributed by atoms with van der Waals surface area (Å²) in [7, 11) is 0. The molecule has 1 aliphatic heterocycles. The van der Waals surface area contributed by atoms with Gasteiger partial charge in [0.05, 0.1) is 0 Å². The minimum Gasteiger partial charge on any atom is -0.444 e. The van der Waals surface area contributed by atoms with Gasteiger partial charge in [-0.2, -0.15) is 0 Å². The highest BCUT2D eigenvalue weighted by Gasteiger charge is 2.29. The Hall–Kier alpha value is -0.850. The SMILES string of the molecule is CCC(CNCCN)C(C)N1CCN(C(=O)OC(C)(C)C)CC1. The van der Waals surface area contributed by atoms with Gasteiger partial charge in [-0.1, -0.05) is 13.3 Å². The number of carbonyl (C=O) groups excluding carboxylic acids is 1. The van der Waals surface area contributed by atoms with Crippen molar-refractivity contribution in [1.29, 1.82) is 0 Å². The zero-order valence-electron chi connectivity index (χ0n) is 15.6. The van der Waals surface area contributed by atoms with E-state index in [1.807, 2.05) is 25.7 Å². The molecule has 136 valence electrons. The Morgan fingerprint density at radius 2 is 1.87 bits per heavy atom. The summed E-state index contributed by atoms with van der Waals surface area (Å²) in [5.74, 6) is 0.606. The number of piperazine rings is 1. The van der Waals surface area contributed by atoms with Gasteiger partial charge in [0.25, 0.3) is 0 Å². The van der Waals surface area contributed by atoms with Crippen LogP contribution < -0.4 is 11.1 Å². The third-order valence-corrected chi connectivity index (χ3v) is 4.48. The van der Waals surface area contributed by atoms with E-state index in [1.54, 1.807) is 0 Å². The molecular formula is C17H36N4O2. The second-order valence-corrected chi connectivity index (χ2v) is 7.41. The van der Waals surface area contributed by atoms with Crippen LogP contribution in [0.15, 0.2) is 0 Å². The smallest absolute Gasteiger partial charge is 0.410 e. The van der Waals surface area contributed by atoms with Crippen LogP contribution in [0, 0.1) is 5.92 Å². The molecule has 2 unspecified atom stereocenters. The van der Waals surface area contributed by atoms with Gasteiger partial charge in [-0.05, 0) is 40.2 Å². The average molecular weight is 329 g/mol. The Bertz CT molecular complexity index is 349. The predicted molar refractivity (Wildman–Crippen MR) is 94.5 cm³/mol. The summed E-state index contributed by atoms with van der Waals surface area (Å²) in [5, 5.41) is 3.42. The summed E-state index contributed by atoms with van der Waals surface area (Å²) in [6.07, 6.45) is 0.951. The highest BCUT2D eigenvalue weighted by atomic mass is 16.6. The van der Waals surface area contributed by atoms with Crippen molar-refractivity contribution >= 4 is 6.09 Å². The van der Waals surface area contributed by atoms with E-state index >= 15 is 0 Å². The van der Waals surface area contributed by atoms with Gasteiger partial charge in [0, 0.05) is 45.3 Å². The first kappa shape index (κ1) is 20.2. The normalized spacial score (nSPS) is 19.5. The fourth-order valence-electron chi connectivity index (χ4n) is 2.98. The lowest BCUT2D eigenvalue weighted by molar-refractivity contribution is 0.00775. The van der Waals surface area contributed by atoms with E-state index in [9.17, 15) is 4.79 Å². The van der Waals surface area contributed by atoms with E-state index in [4.69, 9.17) is 10.5 Å². The van der Waals surface area contributed by atoms with Gasteiger partial charge in [-0.25, -0.2) is 4.79 Å². The van der Waals surface area contributed by atoms with Crippen LogP contribution in [0.5, 0.6) is 0 Å². The maximum atomic E-state index is 12.1. The van der Waals surface area contributed by atoms with E-state index in [1.165, 1.54) is 0 Å². The molecule has 0 aromatic rings. The number of amides is 1. The van der Waals surface area contributed by atoms with Crippen LogP contribution in [0.4, 0.5) is 4.79 Å². The van der Waals surface area contributed by atoms with Crippen molar-refractivity contribution in [2.24, 2.45) is 11.7 Å². The standard InChI is InChI=1S/C17H36N4O2/c1-6-15(13-19-8-7-18)14(2)20-9-11-21(12-10-20)16(22)23-17(3,4)5/h14-15,19H,6-13,18H2,1-5H3. The number of nitrogens with two attached hydrogens (primary N) is 1. The van der Waals surface area contributed by atoms with E-state index in [2.05, 4.69) is 24.1 Å². The summed E-state index contributed by atoms with van der Waals surface area (Å²) in [6.45, 7) is 16.1. The third kappa shape index (κ3) is 7.06. The first-order chi connectivity index (χ1) is 10.8. The van der Waals surface area contributed by atoms with Crippen molar-refractivity contribution < 1.29 is 9.53 Å². The first-order valence-corrected chi connectivity index (χ1v) is 8.91. The maximum Gasteiger partial charge on any atom is 0.410 e. The molecule has 3 N–H and O–H groups in total. The molecule has 1 aliphatic rings. The lowest BCUT2D eigenvalue weighted by Crippen LogP contribution is -2.54. The number of ether oxygens (including phenoxy) is 1. The molecule has 0 radical (unpaired) electrons. The average Bonchev–Trinajstić information content (AvgIpc) is 2.49. The number of hydrogen-bond acceptors (Lipinski definition) is 5. The van der Waals surface area contributed by atoms with Crippen LogP contribution in [0.1, 0.15) is 41.0 Å². The number of nitrogens with zero attached hydrogens (tertiary/aromatic N) is 2. The minimum atomic E-state index is -0.427. The lowest BCUT2D eigenvalue weighted by atomic mass is 9.96. The van der Waals surface area contributed by atoms with Crippen LogP contribution in [-0.4, -0.2) is 73.3 Å². The number of rotatable bonds is 7. The molecule has 1 amide bonds. The van der Waals surface area contributed by atoms with Crippen molar-refractivity contribution in [2.45, 2.75) is 52.7 Å². The van der Waals surface area contributed by atoms with Crippen LogP contribution in [0.2, 0.25) is 0 Å². The Balaban J connectivity index is 2.43. The van der Waals surface area contributed by atoms with Gasteiger partial charge < -0.3 is 20.7 Å². The molecule has 0 spiro atoms. The molecule has 6 heteroatoms. The Morgan fingerprint density at radius 1 is 1.26 bits per heavy atom. The molecule has 1 rings (SSSR count). The van der Waals surface area contributed by atoms with E-state index < -0.39 is 5.60 Å². The molecule has 0 aromatic carbocycles. The molecule has 2 atom stereocenters. The molecular weight excluding hydrogens is 292 g/mol. The molecule has 0 saturated carbocycles. The largest absolute Gasteiger partial charge is 0.444 e. The second kappa shape index (κ2) is 9.45. The van der Waals surface area contributed by atoms with Gasteiger partial charge >= 0.3 is 6.09 Å². The van der Waals surface area contributed by atoms with Crippen LogP contribution in [0.3, 0.4) is 0 Å². The minimum absolute atomic E-state index is 0.193. The molecule has 6 nitrogen and oxygen atoms in total. The van der Waals surface area contributed by atoms with Crippen molar-refractivity contribution in [3.05, 3.63) is 0 Å². The summed E-state index contributed by atoms with van der Waals surface area (Å²) in [6, 6.07) is 0.506. The second-order valence-electron chi connectivity index (χ2n) is 7.41. The van der Waals surface area contributed by atoms with E-state index in [0.717, 1.165) is 45.7 Å². The molecule has 0 aromatic heterocycles. The molecule has 23 heavy (non-hydrogen) atoms. The van der Waals surface area contributed by atoms with Gasteiger partial charge in [0.1, 0.15) is 5.60 Å². The van der Waals surface area contributed by atoms with Crippen molar-refractivity contribution in [3.63, 3.8) is 0 Å². The molecule has 0 bridgehead atoms. The Labute approximate surface area is 141 Å². The van der Waals surface area contributed by atoms with E-state index in [-0.39, 0.29) is 6.09 Å². The lowest BCUT2D eigenvalue weighted by Gasteiger charge is -2.41. The number of hydrogen-bond donors (Lipinski definition) is 2. The molecule has 1 saturated heterocycles. The van der Waals surface area contributed by atoms with Crippen LogP contribution in [0.25, 0.3) is 0 Å². The monoisotopic (exact) mass is 328 g/mol. The third-order valence-electron chi connectivity index (χ3n) is 4.48. The molecule has 0 aliphatic carbocycles. The molecule has 1 fully saturated rings. The highest BCUT2D eigenvalue weighted by molar-refractivity contribution is 5.68. The molecule has 1 heterocycles. The first-order valence-electron chi connectivity index (χ1n) is 8.91. The zero-order chi connectivity index (χ0) is 17.5. The number of nitrogens with one attached hydrogen (secondary N) is 1. The van der Waals surface area contributed by atoms with Gasteiger partial charge in [0.2, 0.25) is 0 Å². The Kier molecular flexibility index (Phi) is 8.29. The van der Waals surface area contributed by atoms with Crippen LogP contribution >= 0.6 is 0 Å². The van der Waals surface area contributed by atoms with Gasteiger partial charge in [-0.15, -0.1) is 0 Å². The van der Waals surface area contributed by atoms with Crippen molar-refractivity contribution in [3.8, 4) is 0 Å². The topological polar surface area (TPSA) is 70.8 Å². The van der Waals surface area contributed by atoms with Crippen molar-refractivity contribution in [1.82, 2.24) is 15.1 Å². The summed E-state index contributed by atoms with van der Waals surface area (Å²) in [5.41, 5.74) is 5.11. The van der Waals surface area contributed by atoms with Crippen LogP contribution in [-0.2, 0) is 4.74 Å². The maximum absolute atomic E-state index is 12.1. The van der Waals surface area contributed by atoms with Gasteiger partial charge in [-0.3, -0.25) is 4.90 Å². The number of carbonyl (C=O) groups is 1. The van der Waals surface area contributed by atoms with Gasteiger partial charge in [0.15, 0.2) is 0 Å². The summed E-state index contributed by atoms with van der Waals surface area (Å²) in [4.78, 5) is 16.4. The fourth-order valence-corrected chi connectivity index (χ4v) is 2.98. The highest BCUT2D eigenvalue weighted by Crippen LogP contribution is 2.18. The Morgan fingerprint density at radius 3 is 2.35 bits per heavy atom. The fraction of sp³-hybridized carbons (Fsp3) is 0.941. The summed E-state index contributed by atoms with van der Waals surface area (Å²) < 4.78 is 5.45. The predicted octanol–water partition coefficient (Wildman–Crippen LogP) is 1.50. The van der Waals surface area contributed by atoms with Crippen molar-refractivity contribution in [2.75, 3.05) is 45.8 Å². The zero-order valence-corrected chi connectivity index (χ0v) is 15.6. The summed E-state index contributed by atoms with van der Waals surface area (Å²) >= 11 is 0. The quantitative estimate of drug-likeness (QED) is 0.693.